The molecule has 0 saturated heterocycles. The Hall–Kier alpha value is -2.36. The van der Waals surface area contributed by atoms with Crippen LogP contribution in [0.25, 0.3) is 22.2 Å². The fraction of sp³-hybridized carbons (Fsp3) is 0. The molecule has 0 amide bonds. The minimum Gasteiger partial charge on any atom is -0.384 e. The molecule has 2 heterocycles. The maximum absolute atomic E-state index is 5.66. The van der Waals surface area contributed by atoms with Crippen LogP contribution in [0.15, 0.2) is 42.6 Å². The maximum atomic E-state index is 5.66. The molecular weight excluding hydrogens is 200 g/mol. The topological polar surface area (TPSA) is 67.6 Å². The number of H-pyrrole nitrogens is 1. The molecule has 3 aromatic rings. The first-order valence-corrected chi connectivity index (χ1v) is 4.99. The molecule has 0 spiro atoms. The van der Waals surface area contributed by atoms with Crippen LogP contribution in [-0.4, -0.2) is 15.2 Å². The van der Waals surface area contributed by atoms with Gasteiger partial charge in [0.25, 0.3) is 0 Å². The third-order valence-electron chi connectivity index (χ3n) is 2.52. The van der Waals surface area contributed by atoms with Crippen LogP contribution in [0.4, 0.5) is 5.82 Å². The van der Waals surface area contributed by atoms with Gasteiger partial charge in [-0.1, -0.05) is 18.2 Å². The lowest BCUT2D eigenvalue weighted by atomic mass is 10.1. The van der Waals surface area contributed by atoms with Crippen LogP contribution in [0.2, 0.25) is 0 Å². The normalized spacial score (nSPS) is 10.8. The number of hydrogen-bond acceptors (Lipinski definition) is 3. The number of fused-ring (bicyclic) bond motifs is 1. The molecule has 0 radical (unpaired) electrons. The number of aromatic nitrogens is 3. The Morgan fingerprint density at radius 2 is 2.00 bits per heavy atom. The van der Waals surface area contributed by atoms with Crippen molar-refractivity contribution in [2.75, 3.05) is 5.73 Å². The minimum atomic E-state index is 0.504. The number of benzene rings is 1. The van der Waals surface area contributed by atoms with Crippen LogP contribution in [0.3, 0.4) is 0 Å². The van der Waals surface area contributed by atoms with E-state index in [1.807, 2.05) is 36.4 Å². The van der Waals surface area contributed by atoms with Crippen molar-refractivity contribution in [3.63, 3.8) is 0 Å². The molecule has 0 bridgehead atoms. The minimum absolute atomic E-state index is 0.504. The highest BCUT2D eigenvalue weighted by atomic mass is 15.1. The number of nitrogen functional groups attached to an aromatic ring is 1. The first-order valence-electron chi connectivity index (χ1n) is 4.99. The molecule has 0 aliphatic rings. The summed E-state index contributed by atoms with van der Waals surface area (Å²) in [6.45, 7) is 0. The largest absolute Gasteiger partial charge is 0.384 e. The molecule has 16 heavy (non-hydrogen) atoms. The molecular formula is C12H10N4. The zero-order valence-corrected chi connectivity index (χ0v) is 8.51. The van der Waals surface area contributed by atoms with Crippen molar-refractivity contribution in [2.45, 2.75) is 0 Å². The van der Waals surface area contributed by atoms with E-state index in [0.717, 1.165) is 22.2 Å². The van der Waals surface area contributed by atoms with Gasteiger partial charge in [-0.2, -0.15) is 5.10 Å². The predicted octanol–water partition coefficient (Wildman–Crippen LogP) is 2.21. The van der Waals surface area contributed by atoms with Crippen molar-refractivity contribution >= 4 is 16.7 Å². The van der Waals surface area contributed by atoms with E-state index in [9.17, 15) is 0 Å². The molecule has 4 nitrogen and oxygen atoms in total. The van der Waals surface area contributed by atoms with Crippen LogP contribution in [0.1, 0.15) is 0 Å². The lowest BCUT2D eigenvalue weighted by Gasteiger charge is -1.98. The zero-order chi connectivity index (χ0) is 11.0. The Balaban J connectivity index is 2.26. The van der Waals surface area contributed by atoms with Gasteiger partial charge in [0, 0.05) is 17.1 Å². The number of para-hydroxylation sites is 1. The highest BCUT2D eigenvalue weighted by Crippen LogP contribution is 2.26. The van der Waals surface area contributed by atoms with Gasteiger partial charge in [0.15, 0.2) is 0 Å². The summed E-state index contributed by atoms with van der Waals surface area (Å²) in [5, 5.41) is 8.38. The van der Waals surface area contributed by atoms with Crippen molar-refractivity contribution in [2.24, 2.45) is 0 Å². The first kappa shape index (κ1) is 8.91. The number of pyridine rings is 1. The molecule has 0 unspecified atom stereocenters. The molecule has 0 fully saturated rings. The monoisotopic (exact) mass is 210 g/mol. The van der Waals surface area contributed by atoms with Crippen molar-refractivity contribution in [1.29, 1.82) is 0 Å². The van der Waals surface area contributed by atoms with Crippen LogP contribution < -0.4 is 5.73 Å². The standard InChI is InChI=1S/C12H10N4/c13-11-7-8(5-6-14-11)12-9-3-1-2-4-10(9)15-16-12/h1-7H,(H2,13,14)(H,15,16). The summed E-state index contributed by atoms with van der Waals surface area (Å²) in [6, 6.07) is 11.7. The molecule has 3 rings (SSSR count). The molecule has 2 aromatic heterocycles. The fourth-order valence-electron chi connectivity index (χ4n) is 1.78. The summed E-state index contributed by atoms with van der Waals surface area (Å²) in [5.74, 6) is 0.504. The predicted molar refractivity (Wildman–Crippen MR) is 63.7 cm³/mol. The van der Waals surface area contributed by atoms with Crippen LogP contribution >= 0.6 is 0 Å². The first-order chi connectivity index (χ1) is 7.84. The smallest absolute Gasteiger partial charge is 0.123 e. The summed E-state index contributed by atoms with van der Waals surface area (Å²) in [5.41, 5.74) is 8.56. The number of aromatic amines is 1. The van der Waals surface area contributed by atoms with Gasteiger partial charge in [-0.3, -0.25) is 5.10 Å². The van der Waals surface area contributed by atoms with Crippen LogP contribution in [0.5, 0.6) is 0 Å². The van der Waals surface area contributed by atoms with E-state index in [2.05, 4.69) is 15.2 Å². The van der Waals surface area contributed by atoms with E-state index in [1.54, 1.807) is 6.20 Å². The summed E-state index contributed by atoms with van der Waals surface area (Å²) in [7, 11) is 0. The highest BCUT2D eigenvalue weighted by molar-refractivity contribution is 5.92. The number of nitrogens with zero attached hydrogens (tertiary/aromatic N) is 2. The van der Waals surface area contributed by atoms with Gasteiger partial charge in [0.05, 0.1) is 5.52 Å². The van der Waals surface area contributed by atoms with Gasteiger partial charge in [0.1, 0.15) is 11.5 Å². The van der Waals surface area contributed by atoms with E-state index >= 15 is 0 Å². The summed E-state index contributed by atoms with van der Waals surface area (Å²) in [6.07, 6.45) is 1.69. The molecule has 78 valence electrons. The number of nitrogens with two attached hydrogens (primary N) is 1. The quantitative estimate of drug-likeness (QED) is 0.647. The van der Waals surface area contributed by atoms with Gasteiger partial charge in [0.2, 0.25) is 0 Å². The van der Waals surface area contributed by atoms with E-state index in [1.165, 1.54) is 0 Å². The Labute approximate surface area is 92.1 Å². The second kappa shape index (κ2) is 3.34. The zero-order valence-electron chi connectivity index (χ0n) is 8.51. The van der Waals surface area contributed by atoms with Gasteiger partial charge >= 0.3 is 0 Å². The SMILES string of the molecule is Nc1cc(-c2n[nH]c3ccccc23)ccn1. The number of rotatable bonds is 1. The third kappa shape index (κ3) is 1.32. The van der Waals surface area contributed by atoms with Crippen LogP contribution in [0, 0.1) is 0 Å². The van der Waals surface area contributed by atoms with Crippen molar-refractivity contribution in [3.8, 4) is 11.3 Å². The second-order valence-corrected chi connectivity index (χ2v) is 3.59. The number of nitrogens with one attached hydrogen (secondary N) is 1. The molecule has 0 aliphatic heterocycles. The highest BCUT2D eigenvalue weighted by Gasteiger charge is 2.07. The molecule has 0 aliphatic carbocycles. The van der Waals surface area contributed by atoms with Crippen LogP contribution in [-0.2, 0) is 0 Å². The Morgan fingerprint density at radius 1 is 1.12 bits per heavy atom. The van der Waals surface area contributed by atoms with Crippen molar-refractivity contribution in [3.05, 3.63) is 42.6 Å². The molecule has 1 aromatic carbocycles. The maximum Gasteiger partial charge on any atom is 0.123 e. The lowest BCUT2D eigenvalue weighted by Crippen LogP contribution is -1.89. The average molecular weight is 210 g/mol. The van der Waals surface area contributed by atoms with Gasteiger partial charge in [-0.25, -0.2) is 4.98 Å². The van der Waals surface area contributed by atoms with Gasteiger partial charge < -0.3 is 5.73 Å². The van der Waals surface area contributed by atoms with Gasteiger partial charge in [-0.05, 0) is 18.2 Å². The van der Waals surface area contributed by atoms with Crippen molar-refractivity contribution in [1.82, 2.24) is 15.2 Å². The Kier molecular flexibility index (Phi) is 1.86. The molecule has 0 atom stereocenters. The number of anilines is 1. The van der Waals surface area contributed by atoms with Gasteiger partial charge in [-0.15, -0.1) is 0 Å². The van der Waals surface area contributed by atoms with E-state index in [0.29, 0.717) is 5.82 Å². The average Bonchev–Trinajstić information content (AvgIpc) is 2.72. The lowest BCUT2D eigenvalue weighted by molar-refractivity contribution is 1.12. The van der Waals surface area contributed by atoms with E-state index in [-0.39, 0.29) is 0 Å². The van der Waals surface area contributed by atoms with E-state index < -0.39 is 0 Å². The Bertz CT molecular complexity index is 642. The summed E-state index contributed by atoms with van der Waals surface area (Å²) < 4.78 is 0. The summed E-state index contributed by atoms with van der Waals surface area (Å²) in [4.78, 5) is 3.97. The van der Waals surface area contributed by atoms with E-state index in [4.69, 9.17) is 5.73 Å². The molecule has 3 N–H and O–H groups in total. The third-order valence-corrected chi connectivity index (χ3v) is 2.52. The number of hydrogen-bond donors (Lipinski definition) is 2. The second-order valence-electron chi connectivity index (χ2n) is 3.59. The molecule has 0 saturated carbocycles. The molecule has 4 heteroatoms. The summed E-state index contributed by atoms with van der Waals surface area (Å²) >= 11 is 0. The fourth-order valence-corrected chi connectivity index (χ4v) is 1.78. The van der Waals surface area contributed by atoms with Crippen molar-refractivity contribution < 1.29 is 0 Å². The Morgan fingerprint density at radius 3 is 2.88 bits per heavy atom.